The summed E-state index contributed by atoms with van der Waals surface area (Å²) in [6.07, 6.45) is 1.07. The number of hydrogen-bond acceptors (Lipinski definition) is 4. The largest absolute Gasteiger partial charge is 0.805 e. The van der Waals surface area contributed by atoms with Gasteiger partial charge in [-0.2, -0.15) is 4.91 Å². The molecule has 1 aromatic carbocycles. The third kappa shape index (κ3) is 1.45. The van der Waals surface area contributed by atoms with Gasteiger partial charge in [-0.05, 0) is 6.07 Å². The van der Waals surface area contributed by atoms with Gasteiger partial charge in [-0.3, -0.25) is 0 Å². The maximum absolute atomic E-state index is 11.6. The van der Waals surface area contributed by atoms with Crippen LogP contribution in [0.1, 0.15) is 5.69 Å². The zero-order valence-corrected chi connectivity index (χ0v) is 7.66. The molecule has 6 nitrogen and oxygen atoms in total. The Balaban J connectivity index is 2.84. The highest BCUT2D eigenvalue weighted by Gasteiger charge is 2.10. The maximum atomic E-state index is 11.6. The van der Waals surface area contributed by atoms with Crippen molar-refractivity contribution < 1.29 is 4.43 Å². The van der Waals surface area contributed by atoms with E-state index in [-0.39, 0.29) is 23.3 Å². The third-order valence-electron chi connectivity index (χ3n) is 2.09. The van der Waals surface area contributed by atoms with Gasteiger partial charge in [-0.15, -0.1) is 0 Å². The fourth-order valence-corrected chi connectivity index (χ4v) is 1.41. The molecule has 0 bridgehead atoms. The van der Waals surface area contributed by atoms with E-state index in [0.717, 1.165) is 6.20 Å². The summed E-state index contributed by atoms with van der Waals surface area (Å²) in [6.45, 7) is -0.309. The Morgan fingerprint density at radius 3 is 2.87 bits per heavy atom. The highest BCUT2D eigenvalue weighted by atomic mass is 16.5. The van der Waals surface area contributed by atoms with Crippen LogP contribution >= 0.6 is 0 Å². The summed E-state index contributed by atoms with van der Waals surface area (Å²) in [4.78, 5) is 21.5. The number of rotatable bonds is 2. The third-order valence-corrected chi connectivity index (χ3v) is 2.09. The molecule has 1 aromatic heterocycles. The van der Waals surface area contributed by atoms with Crippen LogP contribution in [0, 0.1) is 15.0 Å². The Labute approximate surface area is 83.9 Å². The Kier molecular flexibility index (Phi) is 2.17. The van der Waals surface area contributed by atoms with E-state index in [9.17, 15) is 15.0 Å². The Morgan fingerprint density at radius 1 is 1.40 bits per heavy atom. The van der Waals surface area contributed by atoms with E-state index in [0.29, 0.717) is 9.16 Å². The molecule has 0 atom stereocenters. The SMILES string of the molecule is O=NCc1c[n+](=O)c2ccccc2n1[O-]. The Bertz CT molecular complexity index is 576. The van der Waals surface area contributed by atoms with Crippen LogP contribution < -0.4 is 4.43 Å². The van der Waals surface area contributed by atoms with Gasteiger partial charge in [0.1, 0.15) is 17.8 Å². The van der Waals surface area contributed by atoms with Crippen LogP contribution in [-0.2, 0) is 6.54 Å². The molecule has 0 fully saturated rings. The summed E-state index contributed by atoms with van der Waals surface area (Å²) in [5.41, 5.74) is 0.537. The molecule has 15 heavy (non-hydrogen) atoms. The Morgan fingerprint density at radius 2 is 2.13 bits per heavy atom. The number of nitrogens with zero attached hydrogens (tertiary/aromatic N) is 3. The molecule has 2 aromatic rings. The number of aromatic nitrogens is 2. The van der Waals surface area contributed by atoms with E-state index in [4.69, 9.17) is 0 Å². The smallest absolute Gasteiger partial charge is 0.285 e. The highest BCUT2D eigenvalue weighted by molar-refractivity contribution is 5.71. The van der Waals surface area contributed by atoms with Gasteiger partial charge in [-0.1, -0.05) is 17.3 Å². The lowest BCUT2D eigenvalue weighted by atomic mass is 10.3. The van der Waals surface area contributed by atoms with Gasteiger partial charge in [0.25, 0.3) is 5.52 Å². The molecule has 0 saturated carbocycles. The summed E-state index contributed by atoms with van der Waals surface area (Å²) in [7, 11) is 0. The van der Waals surface area contributed by atoms with Crippen molar-refractivity contribution in [1.29, 1.82) is 0 Å². The van der Waals surface area contributed by atoms with Gasteiger partial charge in [0.05, 0.1) is 4.43 Å². The number of benzene rings is 1. The van der Waals surface area contributed by atoms with Crippen molar-refractivity contribution in [3.63, 3.8) is 0 Å². The summed E-state index contributed by atoms with van der Waals surface area (Å²) < 4.78 is 1.11. The average molecular weight is 205 g/mol. The molecular formula is C9H7N3O3. The van der Waals surface area contributed by atoms with Crippen molar-refractivity contribution in [3.8, 4) is 0 Å². The van der Waals surface area contributed by atoms with Crippen LogP contribution in [0.2, 0.25) is 0 Å². The quantitative estimate of drug-likeness (QED) is 0.545. The van der Waals surface area contributed by atoms with E-state index in [1.54, 1.807) is 12.1 Å². The molecule has 0 radical (unpaired) electrons. The normalized spacial score (nSPS) is 10.4. The minimum atomic E-state index is -0.309. The molecule has 0 amide bonds. The van der Waals surface area contributed by atoms with Crippen molar-refractivity contribution in [2.75, 3.05) is 0 Å². The first-order valence-corrected chi connectivity index (χ1v) is 4.26. The van der Waals surface area contributed by atoms with Crippen molar-refractivity contribution in [2.24, 2.45) is 5.18 Å². The van der Waals surface area contributed by atoms with Gasteiger partial charge < -0.3 is 9.94 Å². The first-order chi connectivity index (χ1) is 7.24. The highest BCUT2D eigenvalue weighted by Crippen LogP contribution is 2.10. The average Bonchev–Trinajstić information content (AvgIpc) is 2.26. The molecule has 0 N–H and O–H groups in total. The van der Waals surface area contributed by atoms with E-state index in [1.165, 1.54) is 12.1 Å². The summed E-state index contributed by atoms with van der Waals surface area (Å²) in [5, 5.41) is 14.2. The molecule has 2 rings (SSSR count). The van der Waals surface area contributed by atoms with E-state index in [2.05, 4.69) is 5.18 Å². The second-order valence-corrected chi connectivity index (χ2v) is 3.02. The van der Waals surface area contributed by atoms with Gasteiger partial charge in [0.2, 0.25) is 6.20 Å². The first-order valence-electron chi connectivity index (χ1n) is 4.26. The predicted octanol–water partition coefficient (Wildman–Crippen LogP) is 1.17. The topological polar surface area (TPSA) is 80.4 Å². The predicted molar refractivity (Wildman–Crippen MR) is 53.6 cm³/mol. The summed E-state index contributed by atoms with van der Waals surface area (Å²) >= 11 is 0. The molecule has 76 valence electrons. The van der Waals surface area contributed by atoms with Crippen LogP contribution in [0.5, 0.6) is 0 Å². The zero-order chi connectivity index (χ0) is 10.8. The minimum Gasteiger partial charge on any atom is -0.805 e. The zero-order valence-electron chi connectivity index (χ0n) is 7.66. The van der Waals surface area contributed by atoms with Crippen molar-refractivity contribution in [3.05, 3.63) is 51.2 Å². The molecule has 0 unspecified atom stereocenters. The van der Waals surface area contributed by atoms with E-state index in [1.807, 2.05) is 0 Å². The second-order valence-electron chi connectivity index (χ2n) is 3.02. The Hall–Kier alpha value is -2.24. The fraction of sp³-hybridized carbons (Fsp3) is 0.111. The summed E-state index contributed by atoms with van der Waals surface area (Å²) in [5.74, 6) is 0. The minimum absolute atomic E-state index is 0.0405. The van der Waals surface area contributed by atoms with Crippen molar-refractivity contribution in [2.45, 2.75) is 6.54 Å². The number of nitroso groups, excluding NO2 is 1. The van der Waals surface area contributed by atoms with Crippen LogP contribution in [0.3, 0.4) is 0 Å². The standard InChI is InChI=1S/C9H7N3O3/c13-10-5-7-6-11(14)8-3-1-2-4-9(8)12(7)15/h1-4,6H,5H2. The van der Waals surface area contributed by atoms with Crippen LogP contribution in [0.15, 0.2) is 35.6 Å². The van der Waals surface area contributed by atoms with Crippen LogP contribution in [-0.4, -0.2) is 4.73 Å². The van der Waals surface area contributed by atoms with Crippen molar-refractivity contribution in [1.82, 2.24) is 4.73 Å². The number of hydrogen-bond donors (Lipinski definition) is 0. The molecule has 0 aliphatic rings. The van der Waals surface area contributed by atoms with Crippen LogP contribution in [0.4, 0.5) is 0 Å². The molecule has 0 aliphatic carbocycles. The van der Waals surface area contributed by atoms with E-state index < -0.39 is 0 Å². The molecule has 6 heteroatoms. The van der Waals surface area contributed by atoms with Crippen molar-refractivity contribution >= 4 is 11.0 Å². The fourth-order valence-electron chi connectivity index (χ4n) is 1.41. The summed E-state index contributed by atoms with van der Waals surface area (Å²) in [6, 6.07) is 6.36. The molecule has 0 saturated heterocycles. The molecule has 0 aliphatic heterocycles. The second kappa shape index (κ2) is 3.49. The van der Waals surface area contributed by atoms with Gasteiger partial charge in [-0.25, -0.2) is 0 Å². The van der Waals surface area contributed by atoms with E-state index >= 15 is 0 Å². The molecular weight excluding hydrogens is 198 g/mol. The van der Waals surface area contributed by atoms with Crippen LogP contribution in [0.25, 0.3) is 11.0 Å². The first kappa shape index (κ1) is 9.32. The maximum Gasteiger partial charge on any atom is 0.285 e. The monoisotopic (exact) mass is 205 g/mol. The lowest BCUT2D eigenvalue weighted by molar-refractivity contribution is -0.465. The van der Waals surface area contributed by atoms with Gasteiger partial charge in [0.15, 0.2) is 0 Å². The lowest BCUT2D eigenvalue weighted by Crippen LogP contribution is -2.19. The van der Waals surface area contributed by atoms with Gasteiger partial charge >= 0.3 is 0 Å². The number of fused-ring (bicyclic) bond motifs is 1. The molecule has 1 heterocycles. The van der Waals surface area contributed by atoms with Gasteiger partial charge in [0, 0.05) is 11.0 Å². The lowest BCUT2D eigenvalue weighted by Gasteiger charge is -2.14. The number of para-hydroxylation sites is 2. The molecule has 0 spiro atoms.